The molecule has 1 N–H and O–H groups in total. The summed E-state index contributed by atoms with van der Waals surface area (Å²) in [5.41, 5.74) is 0. The van der Waals surface area contributed by atoms with Crippen LogP contribution in [0, 0.1) is 0 Å². The molecule has 2 atom stereocenters. The zero-order valence-electron chi connectivity index (χ0n) is 10.4. The van der Waals surface area contributed by atoms with E-state index in [4.69, 9.17) is 9.84 Å². The molecule has 1 fully saturated rings. The predicted octanol–water partition coefficient (Wildman–Crippen LogP) is -0.724. The van der Waals surface area contributed by atoms with Gasteiger partial charge in [0.05, 0.1) is 31.9 Å². The Kier molecular flexibility index (Phi) is 4.27. The van der Waals surface area contributed by atoms with Crippen molar-refractivity contribution in [3.8, 4) is 0 Å². The molecule has 2 unspecified atom stereocenters. The van der Waals surface area contributed by atoms with E-state index in [2.05, 4.69) is 10.1 Å². The monoisotopic (exact) mass is 254 g/mol. The molecule has 1 aliphatic rings. The molecule has 1 saturated heterocycles. The highest BCUT2D eigenvalue weighted by Crippen LogP contribution is 2.13. The van der Waals surface area contributed by atoms with Gasteiger partial charge in [-0.25, -0.2) is 4.98 Å². The van der Waals surface area contributed by atoms with Crippen molar-refractivity contribution in [1.29, 1.82) is 0 Å². The second-order valence-corrected chi connectivity index (χ2v) is 4.44. The quantitative estimate of drug-likeness (QED) is 0.766. The third kappa shape index (κ3) is 3.05. The fourth-order valence-corrected chi connectivity index (χ4v) is 1.98. The number of carbonyl (C=O) groups is 1. The van der Waals surface area contributed by atoms with Crippen molar-refractivity contribution in [1.82, 2.24) is 19.7 Å². The first kappa shape index (κ1) is 13.0. The maximum absolute atomic E-state index is 12.1. The highest BCUT2D eigenvalue weighted by molar-refractivity contribution is 5.76. The first-order valence-corrected chi connectivity index (χ1v) is 6.05. The molecule has 1 amide bonds. The number of carbonyl (C=O) groups excluding carboxylic acids is 1. The number of aliphatic hydroxyl groups excluding tert-OH is 1. The molecule has 0 saturated carbocycles. The zero-order valence-corrected chi connectivity index (χ0v) is 10.4. The van der Waals surface area contributed by atoms with Crippen molar-refractivity contribution < 1.29 is 14.6 Å². The lowest BCUT2D eigenvalue weighted by Crippen LogP contribution is -2.52. The summed E-state index contributed by atoms with van der Waals surface area (Å²) < 4.78 is 7.03. The molecule has 0 bridgehead atoms. The van der Waals surface area contributed by atoms with Crippen LogP contribution >= 0.6 is 0 Å². The van der Waals surface area contributed by atoms with Crippen LogP contribution < -0.4 is 0 Å². The van der Waals surface area contributed by atoms with Crippen molar-refractivity contribution in [3.63, 3.8) is 0 Å². The average Bonchev–Trinajstić information content (AvgIpc) is 2.89. The molecular formula is C11H18N4O3. The number of rotatable bonds is 4. The van der Waals surface area contributed by atoms with Gasteiger partial charge < -0.3 is 14.7 Å². The lowest BCUT2D eigenvalue weighted by molar-refractivity contribution is -0.146. The number of nitrogens with zero attached hydrogens (tertiary/aromatic N) is 4. The van der Waals surface area contributed by atoms with Crippen LogP contribution in [0.25, 0.3) is 0 Å². The second kappa shape index (κ2) is 5.92. The molecule has 2 heterocycles. The number of aromatic nitrogens is 3. The van der Waals surface area contributed by atoms with E-state index in [0.29, 0.717) is 26.1 Å². The van der Waals surface area contributed by atoms with Crippen LogP contribution in [-0.4, -0.2) is 62.6 Å². The van der Waals surface area contributed by atoms with Gasteiger partial charge in [-0.1, -0.05) is 0 Å². The van der Waals surface area contributed by atoms with Crippen LogP contribution in [0.2, 0.25) is 0 Å². The standard InChI is InChI=1S/C11H18N4O3/c1-9-6-18-10(5-16)4-15(9)11(17)2-3-14-8-12-7-13-14/h7-10,16H,2-6H2,1H3. The van der Waals surface area contributed by atoms with Gasteiger partial charge in [-0.15, -0.1) is 0 Å². The Morgan fingerprint density at radius 3 is 3.11 bits per heavy atom. The van der Waals surface area contributed by atoms with E-state index in [0.717, 1.165) is 0 Å². The highest BCUT2D eigenvalue weighted by Gasteiger charge is 2.28. The number of aryl methyl sites for hydroxylation is 1. The Bertz CT molecular complexity index is 382. The van der Waals surface area contributed by atoms with E-state index in [-0.39, 0.29) is 24.7 Å². The Morgan fingerprint density at radius 2 is 2.44 bits per heavy atom. The third-order valence-corrected chi connectivity index (χ3v) is 3.05. The number of hydrogen-bond acceptors (Lipinski definition) is 5. The van der Waals surface area contributed by atoms with Gasteiger partial charge in [0.15, 0.2) is 0 Å². The largest absolute Gasteiger partial charge is 0.394 e. The predicted molar refractivity (Wildman–Crippen MR) is 62.6 cm³/mol. The second-order valence-electron chi connectivity index (χ2n) is 4.44. The molecule has 2 rings (SSSR count). The van der Waals surface area contributed by atoms with Gasteiger partial charge in [-0.2, -0.15) is 5.10 Å². The lowest BCUT2D eigenvalue weighted by atomic mass is 10.2. The zero-order chi connectivity index (χ0) is 13.0. The molecular weight excluding hydrogens is 236 g/mol. The summed E-state index contributed by atoms with van der Waals surface area (Å²) in [6, 6.07) is 0.0519. The van der Waals surface area contributed by atoms with Crippen LogP contribution in [0.5, 0.6) is 0 Å². The maximum atomic E-state index is 12.1. The maximum Gasteiger partial charge on any atom is 0.224 e. The molecule has 7 heteroatoms. The molecule has 0 spiro atoms. The van der Waals surface area contributed by atoms with E-state index < -0.39 is 0 Å². The number of ether oxygens (including phenoxy) is 1. The van der Waals surface area contributed by atoms with E-state index in [9.17, 15) is 4.79 Å². The molecule has 0 radical (unpaired) electrons. The Hall–Kier alpha value is -1.47. The van der Waals surface area contributed by atoms with Gasteiger partial charge in [0.1, 0.15) is 12.7 Å². The van der Waals surface area contributed by atoms with Crippen molar-refractivity contribution in [2.24, 2.45) is 0 Å². The van der Waals surface area contributed by atoms with Gasteiger partial charge in [0.2, 0.25) is 5.91 Å². The fraction of sp³-hybridized carbons (Fsp3) is 0.727. The van der Waals surface area contributed by atoms with Crippen LogP contribution in [0.15, 0.2) is 12.7 Å². The van der Waals surface area contributed by atoms with Crippen molar-refractivity contribution in [2.45, 2.75) is 32.0 Å². The van der Waals surface area contributed by atoms with Crippen LogP contribution in [0.1, 0.15) is 13.3 Å². The fourth-order valence-electron chi connectivity index (χ4n) is 1.98. The summed E-state index contributed by atoms with van der Waals surface area (Å²) in [6.45, 7) is 3.33. The van der Waals surface area contributed by atoms with E-state index in [1.165, 1.54) is 6.33 Å². The number of aliphatic hydroxyl groups is 1. The van der Waals surface area contributed by atoms with Gasteiger partial charge in [0.25, 0.3) is 0 Å². The third-order valence-electron chi connectivity index (χ3n) is 3.05. The number of morpholine rings is 1. The SMILES string of the molecule is CC1COC(CO)CN1C(=O)CCn1cncn1. The van der Waals surface area contributed by atoms with Gasteiger partial charge >= 0.3 is 0 Å². The van der Waals surface area contributed by atoms with Crippen molar-refractivity contribution in [3.05, 3.63) is 12.7 Å². The summed E-state index contributed by atoms with van der Waals surface area (Å²) in [4.78, 5) is 17.7. The normalized spacial score (nSPS) is 24.2. The van der Waals surface area contributed by atoms with E-state index in [1.807, 2.05) is 6.92 Å². The lowest BCUT2D eigenvalue weighted by Gasteiger charge is -2.37. The number of amides is 1. The van der Waals surface area contributed by atoms with Crippen molar-refractivity contribution >= 4 is 5.91 Å². The van der Waals surface area contributed by atoms with Crippen LogP contribution in [-0.2, 0) is 16.1 Å². The van der Waals surface area contributed by atoms with E-state index in [1.54, 1.807) is 15.9 Å². The molecule has 1 aromatic heterocycles. The van der Waals surface area contributed by atoms with Gasteiger partial charge in [-0.05, 0) is 6.92 Å². The first-order valence-electron chi connectivity index (χ1n) is 6.05. The molecule has 7 nitrogen and oxygen atoms in total. The smallest absolute Gasteiger partial charge is 0.224 e. The minimum absolute atomic E-state index is 0.0519. The summed E-state index contributed by atoms with van der Waals surface area (Å²) in [5, 5.41) is 13.0. The van der Waals surface area contributed by atoms with Gasteiger partial charge in [-0.3, -0.25) is 9.48 Å². The molecule has 1 aliphatic heterocycles. The Morgan fingerprint density at radius 1 is 1.61 bits per heavy atom. The molecule has 100 valence electrons. The van der Waals surface area contributed by atoms with Crippen LogP contribution in [0.4, 0.5) is 0 Å². The average molecular weight is 254 g/mol. The summed E-state index contributed by atoms with van der Waals surface area (Å²) in [7, 11) is 0. The summed E-state index contributed by atoms with van der Waals surface area (Å²) in [5.74, 6) is 0.0553. The Labute approximate surface area is 105 Å². The number of hydrogen-bond donors (Lipinski definition) is 1. The first-order chi connectivity index (χ1) is 8.70. The van der Waals surface area contributed by atoms with Crippen molar-refractivity contribution in [2.75, 3.05) is 19.8 Å². The minimum Gasteiger partial charge on any atom is -0.394 e. The highest BCUT2D eigenvalue weighted by atomic mass is 16.5. The Balaban J connectivity index is 1.86. The molecule has 1 aromatic rings. The topological polar surface area (TPSA) is 80.5 Å². The van der Waals surface area contributed by atoms with Crippen LogP contribution in [0.3, 0.4) is 0 Å². The minimum atomic E-state index is -0.267. The summed E-state index contributed by atoms with van der Waals surface area (Å²) >= 11 is 0. The molecule has 0 aliphatic carbocycles. The molecule has 0 aromatic carbocycles. The summed E-state index contributed by atoms with van der Waals surface area (Å²) in [6.07, 6.45) is 3.15. The molecule has 18 heavy (non-hydrogen) atoms. The van der Waals surface area contributed by atoms with E-state index >= 15 is 0 Å². The van der Waals surface area contributed by atoms with Gasteiger partial charge in [0, 0.05) is 13.0 Å².